The lowest BCUT2D eigenvalue weighted by molar-refractivity contribution is 0.126. The molecule has 1 fully saturated rings. The van der Waals surface area contributed by atoms with E-state index >= 15 is 0 Å². The number of nitrogens with one attached hydrogen (secondary N) is 1. The van der Waals surface area contributed by atoms with Crippen LogP contribution in [0.1, 0.15) is 18.7 Å². The van der Waals surface area contributed by atoms with Crippen LogP contribution in [-0.4, -0.2) is 60.0 Å². The summed E-state index contributed by atoms with van der Waals surface area (Å²) in [7, 11) is 6.26. The number of likely N-dealkylation sites (N-methyl/N-ethyl adjacent to an activating group) is 1. The van der Waals surface area contributed by atoms with Crippen molar-refractivity contribution in [2.45, 2.75) is 25.4 Å². The molecule has 3 rings (SSSR count). The molecule has 0 radical (unpaired) electrons. The second kappa shape index (κ2) is 6.25. The van der Waals surface area contributed by atoms with Crippen molar-refractivity contribution >= 4 is 27.4 Å². The summed E-state index contributed by atoms with van der Waals surface area (Å²) in [6.07, 6.45) is 2.54. The molecule has 0 aliphatic carbocycles. The van der Waals surface area contributed by atoms with Crippen LogP contribution in [0.25, 0.3) is 10.2 Å². The van der Waals surface area contributed by atoms with Crippen molar-refractivity contribution in [3.05, 3.63) is 17.3 Å². The van der Waals surface area contributed by atoms with E-state index < -0.39 is 0 Å². The highest BCUT2D eigenvalue weighted by Gasteiger charge is 2.22. The van der Waals surface area contributed by atoms with Crippen LogP contribution in [-0.2, 0) is 6.54 Å². The van der Waals surface area contributed by atoms with Crippen LogP contribution in [0.5, 0.6) is 0 Å². The Morgan fingerprint density at radius 3 is 3.05 bits per heavy atom. The Kier molecular flexibility index (Phi) is 4.37. The molecule has 0 saturated carbocycles. The lowest BCUT2D eigenvalue weighted by Crippen LogP contribution is -2.44. The van der Waals surface area contributed by atoms with Gasteiger partial charge in [-0.1, -0.05) is 0 Å². The molecule has 0 bridgehead atoms. The molecule has 0 spiro atoms. The van der Waals surface area contributed by atoms with E-state index in [-0.39, 0.29) is 0 Å². The molecular formula is C15H23N5S. The Balaban J connectivity index is 1.78. The van der Waals surface area contributed by atoms with E-state index in [4.69, 9.17) is 4.98 Å². The Labute approximate surface area is 130 Å². The van der Waals surface area contributed by atoms with Gasteiger partial charge in [0.05, 0.1) is 11.9 Å². The number of thiophene rings is 1. The van der Waals surface area contributed by atoms with Crippen LogP contribution in [0.15, 0.2) is 11.4 Å². The summed E-state index contributed by atoms with van der Waals surface area (Å²) in [5, 5.41) is 6.39. The van der Waals surface area contributed by atoms with Gasteiger partial charge in [-0.05, 0) is 44.9 Å². The molecule has 1 N–H and O–H groups in total. The lowest BCUT2D eigenvalue weighted by atomic mass is 10.1. The molecule has 2 aromatic rings. The van der Waals surface area contributed by atoms with Gasteiger partial charge in [0.25, 0.3) is 0 Å². The van der Waals surface area contributed by atoms with Gasteiger partial charge < -0.3 is 10.2 Å². The van der Waals surface area contributed by atoms with Crippen molar-refractivity contribution in [2.24, 2.45) is 0 Å². The first-order valence-corrected chi connectivity index (χ1v) is 8.36. The summed E-state index contributed by atoms with van der Waals surface area (Å²) in [5.41, 5.74) is 0. The minimum atomic E-state index is 0.646. The highest BCUT2D eigenvalue weighted by molar-refractivity contribution is 7.16. The molecule has 1 unspecified atom stereocenters. The smallest absolute Gasteiger partial charge is 0.146 e. The summed E-state index contributed by atoms with van der Waals surface area (Å²) in [6, 6.07) is 2.73. The van der Waals surface area contributed by atoms with Gasteiger partial charge in [0.1, 0.15) is 16.5 Å². The zero-order valence-corrected chi connectivity index (χ0v) is 13.8. The Hall–Kier alpha value is -1.24. The number of aromatic nitrogens is 2. The quantitative estimate of drug-likeness (QED) is 0.938. The maximum Gasteiger partial charge on any atom is 0.146 e. The molecular weight excluding hydrogens is 282 g/mol. The van der Waals surface area contributed by atoms with E-state index in [9.17, 15) is 0 Å². The first kappa shape index (κ1) is 14.7. The second-order valence-electron chi connectivity index (χ2n) is 5.87. The van der Waals surface area contributed by atoms with Crippen LogP contribution < -0.4 is 5.32 Å². The van der Waals surface area contributed by atoms with Crippen LogP contribution in [0.3, 0.4) is 0 Å². The van der Waals surface area contributed by atoms with Crippen molar-refractivity contribution in [1.82, 2.24) is 19.8 Å². The van der Waals surface area contributed by atoms with Crippen molar-refractivity contribution in [3.63, 3.8) is 0 Å². The first-order valence-electron chi connectivity index (χ1n) is 7.48. The maximum atomic E-state index is 4.72. The van der Waals surface area contributed by atoms with Crippen molar-refractivity contribution in [1.29, 1.82) is 0 Å². The van der Waals surface area contributed by atoms with Gasteiger partial charge >= 0.3 is 0 Å². The molecule has 0 aromatic carbocycles. The number of fused-ring (bicyclic) bond motifs is 1. The molecule has 3 heterocycles. The molecule has 1 saturated heterocycles. The topological polar surface area (TPSA) is 44.3 Å². The van der Waals surface area contributed by atoms with Crippen LogP contribution in [0, 0.1) is 0 Å². The number of hydrogen-bond acceptors (Lipinski definition) is 6. The number of likely N-dealkylation sites (tertiary alicyclic amines) is 1. The average molecular weight is 305 g/mol. The molecule has 114 valence electrons. The van der Waals surface area contributed by atoms with Gasteiger partial charge in [-0.2, -0.15) is 0 Å². The van der Waals surface area contributed by atoms with E-state index in [1.54, 1.807) is 11.3 Å². The van der Waals surface area contributed by atoms with E-state index in [1.807, 2.05) is 7.05 Å². The average Bonchev–Trinajstić information content (AvgIpc) is 2.95. The normalized spacial score (nSPS) is 20.3. The predicted octanol–water partition coefficient (Wildman–Crippen LogP) is 2.26. The van der Waals surface area contributed by atoms with Crippen molar-refractivity contribution in [3.8, 4) is 0 Å². The highest BCUT2D eigenvalue weighted by Crippen LogP contribution is 2.25. The molecule has 6 heteroatoms. The number of hydrogen-bond donors (Lipinski definition) is 1. The summed E-state index contributed by atoms with van der Waals surface area (Å²) in [4.78, 5) is 15.3. The minimum absolute atomic E-state index is 0.646. The van der Waals surface area contributed by atoms with E-state index in [1.165, 1.54) is 12.8 Å². The summed E-state index contributed by atoms with van der Waals surface area (Å²) < 4.78 is 0. The zero-order valence-electron chi connectivity index (χ0n) is 13.0. The number of anilines is 1. The number of nitrogens with zero attached hydrogens (tertiary/aromatic N) is 4. The zero-order chi connectivity index (χ0) is 14.8. The predicted molar refractivity (Wildman–Crippen MR) is 88.9 cm³/mol. The van der Waals surface area contributed by atoms with Crippen molar-refractivity contribution < 1.29 is 0 Å². The maximum absolute atomic E-state index is 4.72. The second-order valence-corrected chi connectivity index (χ2v) is 6.77. The van der Waals surface area contributed by atoms with E-state index in [0.29, 0.717) is 6.04 Å². The fraction of sp³-hybridized carbons (Fsp3) is 0.600. The lowest BCUT2D eigenvalue weighted by Gasteiger charge is -2.35. The number of rotatable bonds is 4. The third-order valence-electron chi connectivity index (χ3n) is 4.18. The minimum Gasteiger partial charge on any atom is -0.372 e. The van der Waals surface area contributed by atoms with Gasteiger partial charge in [0.15, 0.2) is 0 Å². The monoisotopic (exact) mass is 305 g/mol. The van der Waals surface area contributed by atoms with Gasteiger partial charge in [-0.15, -0.1) is 11.3 Å². The summed E-state index contributed by atoms with van der Waals surface area (Å²) in [6.45, 7) is 3.09. The fourth-order valence-electron chi connectivity index (χ4n) is 2.96. The van der Waals surface area contributed by atoms with Gasteiger partial charge in [-0.25, -0.2) is 9.97 Å². The van der Waals surface area contributed by atoms with Gasteiger partial charge in [-0.3, -0.25) is 4.90 Å². The van der Waals surface area contributed by atoms with Gasteiger partial charge in [0.2, 0.25) is 0 Å². The molecule has 2 aromatic heterocycles. The van der Waals surface area contributed by atoms with Crippen molar-refractivity contribution in [2.75, 3.05) is 39.5 Å². The number of piperidine rings is 1. The fourth-order valence-corrected chi connectivity index (χ4v) is 3.74. The largest absolute Gasteiger partial charge is 0.372 e. The third-order valence-corrected chi connectivity index (χ3v) is 4.99. The Morgan fingerprint density at radius 2 is 2.29 bits per heavy atom. The summed E-state index contributed by atoms with van der Waals surface area (Å²) >= 11 is 1.68. The molecule has 1 aliphatic heterocycles. The standard InChI is InChI=1S/C15H23N5S/c1-16-14-12-6-8-21-15(12)18-13(17-14)10-20-7-4-5-11(9-20)19(2)3/h6,8,11H,4-5,7,9-10H2,1-3H3,(H,16,17,18). The van der Waals surface area contributed by atoms with E-state index in [0.717, 1.165) is 41.5 Å². The molecule has 0 amide bonds. The Bertz CT molecular complexity index is 609. The van der Waals surface area contributed by atoms with Crippen LogP contribution in [0.4, 0.5) is 5.82 Å². The summed E-state index contributed by atoms with van der Waals surface area (Å²) in [5.74, 6) is 1.87. The van der Waals surface area contributed by atoms with Gasteiger partial charge in [0, 0.05) is 19.6 Å². The Morgan fingerprint density at radius 1 is 1.43 bits per heavy atom. The third kappa shape index (κ3) is 3.17. The first-order chi connectivity index (χ1) is 10.2. The molecule has 5 nitrogen and oxygen atoms in total. The van der Waals surface area contributed by atoms with Crippen LogP contribution >= 0.6 is 11.3 Å². The van der Waals surface area contributed by atoms with E-state index in [2.05, 4.69) is 45.6 Å². The molecule has 1 atom stereocenters. The molecule has 1 aliphatic rings. The highest BCUT2D eigenvalue weighted by atomic mass is 32.1. The van der Waals surface area contributed by atoms with Crippen LogP contribution in [0.2, 0.25) is 0 Å². The SMILES string of the molecule is CNc1nc(CN2CCCC(N(C)C)C2)nc2sccc12. The molecule has 21 heavy (non-hydrogen) atoms.